The van der Waals surface area contributed by atoms with Crippen LogP contribution < -0.4 is 16.4 Å². The molecule has 2 aliphatic rings. The molecule has 0 bridgehead atoms. The molecule has 4 N–H and O–H groups in total. The van der Waals surface area contributed by atoms with Crippen LogP contribution in [0.5, 0.6) is 0 Å². The molecule has 2 fully saturated rings. The van der Waals surface area contributed by atoms with E-state index in [0.29, 0.717) is 43.0 Å². The van der Waals surface area contributed by atoms with E-state index in [1.54, 1.807) is 28.0 Å². The number of piperidine rings is 1. The predicted octanol–water partition coefficient (Wildman–Crippen LogP) is 3.53. The second-order valence-electron chi connectivity index (χ2n) is 12.8. The van der Waals surface area contributed by atoms with Crippen molar-refractivity contribution in [1.82, 2.24) is 30.2 Å². The lowest BCUT2D eigenvalue weighted by atomic mass is 10.0. The minimum absolute atomic E-state index is 0.160. The number of nitrogens with two attached hydrogens (primary N) is 1. The van der Waals surface area contributed by atoms with Gasteiger partial charge in [-0.3, -0.25) is 14.6 Å². The first-order valence-corrected chi connectivity index (χ1v) is 15.8. The maximum absolute atomic E-state index is 12.9. The fourth-order valence-corrected chi connectivity index (χ4v) is 5.55. The van der Waals surface area contributed by atoms with Gasteiger partial charge in [0.25, 0.3) is 5.91 Å². The highest BCUT2D eigenvalue weighted by Crippen LogP contribution is 2.18. The first-order chi connectivity index (χ1) is 21.5. The molecule has 2 aliphatic heterocycles. The van der Waals surface area contributed by atoms with E-state index in [1.165, 1.54) is 11.8 Å². The summed E-state index contributed by atoms with van der Waals surface area (Å²) in [5.74, 6) is -0.195. The zero-order valence-electron chi connectivity index (χ0n) is 27.1. The number of piperazine rings is 1. The Kier molecular flexibility index (Phi) is 11.8. The third kappa shape index (κ3) is 10.5. The van der Waals surface area contributed by atoms with E-state index < -0.39 is 5.60 Å². The van der Waals surface area contributed by atoms with E-state index in [1.807, 2.05) is 40.0 Å². The van der Waals surface area contributed by atoms with Crippen LogP contribution in [0.4, 0.5) is 9.59 Å². The van der Waals surface area contributed by atoms with E-state index in [4.69, 9.17) is 10.5 Å². The van der Waals surface area contributed by atoms with E-state index in [-0.39, 0.29) is 24.1 Å². The van der Waals surface area contributed by atoms with Crippen molar-refractivity contribution in [3.05, 3.63) is 77.5 Å². The van der Waals surface area contributed by atoms with E-state index in [0.717, 1.165) is 45.6 Å². The fourth-order valence-electron chi connectivity index (χ4n) is 5.55. The van der Waals surface area contributed by atoms with Gasteiger partial charge < -0.3 is 30.9 Å². The predicted molar refractivity (Wildman–Crippen MR) is 176 cm³/mol. The average Bonchev–Trinajstić information content (AvgIpc) is 3.03. The third-order valence-corrected chi connectivity index (χ3v) is 8.22. The molecule has 244 valence electrons. The van der Waals surface area contributed by atoms with Gasteiger partial charge in [0.2, 0.25) is 0 Å². The lowest BCUT2D eigenvalue weighted by molar-refractivity contribution is 0.0147. The summed E-state index contributed by atoms with van der Waals surface area (Å²) < 4.78 is 5.46. The Morgan fingerprint density at radius 2 is 1.60 bits per heavy atom. The van der Waals surface area contributed by atoms with E-state index in [9.17, 15) is 14.4 Å². The van der Waals surface area contributed by atoms with Crippen LogP contribution in [0.15, 0.2) is 60.8 Å². The van der Waals surface area contributed by atoms with Crippen molar-refractivity contribution in [2.24, 2.45) is 5.73 Å². The Bertz CT molecular complexity index is 1310. The molecule has 2 aromatic carbocycles. The monoisotopic (exact) mass is 619 g/mol. The molecule has 4 rings (SSSR count). The van der Waals surface area contributed by atoms with Gasteiger partial charge in [-0.25, -0.2) is 9.59 Å². The third-order valence-electron chi connectivity index (χ3n) is 8.22. The van der Waals surface area contributed by atoms with Crippen molar-refractivity contribution >= 4 is 23.7 Å². The summed E-state index contributed by atoms with van der Waals surface area (Å²) in [6.07, 6.45) is 3.04. The molecule has 11 heteroatoms. The normalized spacial score (nSPS) is 17.1. The maximum atomic E-state index is 12.9. The summed E-state index contributed by atoms with van der Waals surface area (Å²) >= 11 is 0. The SMILES string of the molecule is CN(C(=O)N/C=C(\N)c1cccc(C(=O)NCCN2CCN(C(=O)OC(C)(C)C)CC2)c1)C1CCN(Cc2ccccc2)CC1. The Labute approximate surface area is 267 Å². The minimum atomic E-state index is -0.512. The standard InChI is InChI=1S/C34H49N7O4/c1-34(2,3)45-33(44)41-21-19-39(20-22-41)18-15-36-31(42)28-12-8-11-27(23-28)30(35)24-37-32(43)38(4)29-13-16-40(17-14-29)25-26-9-6-5-7-10-26/h5-12,23-24,29H,13-22,25,35H2,1-4H3,(H,36,42)(H,37,43)/b30-24-. The smallest absolute Gasteiger partial charge is 0.410 e. The number of amides is 4. The van der Waals surface area contributed by atoms with Gasteiger partial charge >= 0.3 is 12.1 Å². The first-order valence-electron chi connectivity index (χ1n) is 15.8. The van der Waals surface area contributed by atoms with Gasteiger partial charge in [0.15, 0.2) is 0 Å². The van der Waals surface area contributed by atoms with E-state index >= 15 is 0 Å². The molecule has 11 nitrogen and oxygen atoms in total. The Balaban J connectivity index is 1.18. The molecule has 0 radical (unpaired) electrons. The minimum Gasteiger partial charge on any atom is -0.444 e. The number of nitrogens with one attached hydrogen (secondary N) is 2. The summed E-state index contributed by atoms with van der Waals surface area (Å²) in [6.45, 7) is 12.2. The van der Waals surface area contributed by atoms with Gasteiger partial charge in [0, 0.05) is 83.8 Å². The average molecular weight is 620 g/mol. The molecule has 0 spiro atoms. The topological polar surface area (TPSA) is 123 Å². The van der Waals surface area contributed by atoms with Crippen LogP contribution in [0.2, 0.25) is 0 Å². The van der Waals surface area contributed by atoms with E-state index in [2.05, 4.69) is 44.7 Å². The van der Waals surface area contributed by atoms with Crippen molar-refractivity contribution in [3.8, 4) is 0 Å². The fraction of sp³-hybridized carbons (Fsp3) is 0.500. The molecule has 0 saturated carbocycles. The number of carbonyl (C=O) groups is 3. The van der Waals surface area contributed by atoms with Gasteiger partial charge in [0.1, 0.15) is 5.60 Å². The van der Waals surface area contributed by atoms with Gasteiger partial charge in [-0.1, -0.05) is 42.5 Å². The molecular formula is C34H49N7O4. The van der Waals surface area contributed by atoms with Crippen molar-refractivity contribution < 1.29 is 19.1 Å². The number of nitrogens with zero attached hydrogens (tertiary/aromatic N) is 4. The lowest BCUT2D eigenvalue weighted by Gasteiger charge is -2.36. The second kappa shape index (κ2) is 15.8. The van der Waals surface area contributed by atoms with Crippen LogP contribution in [0.25, 0.3) is 5.70 Å². The molecule has 2 saturated heterocycles. The summed E-state index contributed by atoms with van der Waals surface area (Å²) in [6, 6.07) is 17.4. The molecule has 2 aromatic rings. The molecule has 4 amide bonds. The zero-order chi connectivity index (χ0) is 32.4. The van der Waals surface area contributed by atoms with Crippen molar-refractivity contribution in [2.75, 3.05) is 59.4 Å². The second-order valence-corrected chi connectivity index (χ2v) is 12.8. The van der Waals surface area contributed by atoms with Gasteiger partial charge in [-0.05, 0) is 56.9 Å². The largest absolute Gasteiger partial charge is 0.444 e. The van der Waals surface area contributed by atoms with Gasteiger partial charge in [-0.15, -0.1) is 0 Å². The summed E-state index contributed by atoms with van der Waals surface area (Å²) in [5, 5.41) is 5.79. The molecule has 45 heavy (non-hydrogen) atoms. The lowest BCUT2D eigenvalue weighted by Crippen LogP contribution is -2.51. The number of benzene rings is 2. The molecule has 0 aliphatic carbocycles. The number of likely N-dealkylation sites (tertiary alicyclic amines) is 1. The van der Waals surface area contributed by atoms with Crippen LogP contribution in [-0.4, -0.2) is 109 Å². The Hall–Kier alpha value is -4.09. The highest BCUT2D eigenvalue weighted by atomic mass is 16.6. The number of ether oxygens (including phenoxy) is 1. The van der Waals surface area contributed by atoms with Crippen molar-refractivity contribution in [2.45, 2.75) is 51.8 Å². The summed E-state index contributed by atoms with van der Waals surface area (Å²) in [7, 11) is 1.82. The summed E-state index contributed by atoms with van der Waals surface area (Å²) in [5.41, 5.74) is 8.59. The van der Waals surface area contributed by atoms with Crippen LogP contribution in [0.1, 0.15) is 55.1 Å². The zero-order valence-corrected chi connectivity index (χ0v) is 27.1. The molecule has 0 atom stereocenters. The molecular weight excluding hydrogens is 570 g/mol. The highest BCUT2D eigenvalue weighted by molar-refractivity contribution is 5.95. The molecule has 2 heterocycles. The highest BCUT2D eigenvalue weighted by Gasteiger charge is 2.26. The van der Waals surface area contributed by atoms with Gasteiger partial charge in [0.05, 0.1) is 5.70 Å². The molecule has 0 unspecified atom stereocenters. The van der Waals surface area contributed by atoms with Crippen LogP contribution >= 0.6 is 0 Å². The van der Waals surface area contributed by atoms with Crippen LogP contribution in [0.3, 0.4) is 0 Å². The number of urea groups is 1. The molecule has 0 aromatic heterocycles. The summed E-state index contributed by atoms with van der Waals surface area (Å²) in [4.78, 5) is 46.1. The number of hydrogen-bond donors (Lipinski definition) is 3. The maximum Gasteiger partial charge on any atom is 0.410 e. The van der Waals surface area contributed by atoms with Crippen molar-refractivity contribution in [1.29, 1.82) is 0 Å². The Morgan fingerprint density at radius 1 is 0.933 bits per heavy atom. The quantitative estimate of drug-likeness (QED) is 0.393. The number of hydrogen-bond acceptors (Lipinski definition) is 7. The first kappa shape index (κ1) is 33.8. The van der Waals surface area contributed by atoms with Crippen LogP contribution in [-0.2, 0) is 11.3 Å². The van der Waals surface area contributed by atoms with Gasteiger partial charge in [-0.2, -0.15) is 0 Å². The van der Waals surface area contributed by atoms with Crippen LogP contribution in [0, 0.1) is 0 Å². The number of carbonyl (C=O) groups excluding carboxylic acids is 3. The number of rotatable bonds is 9. The Morgan fingerprint density at radius 3 is 2.27 bits per heavy atom. The van der Waals surface area contributed by atoms with Crippen molar-refractivity contribution in [3.63, 3.8) is 0 Å².